The fourth-order valence-electron chi connectivity index (χ4n) is 0.874. The second-order valence-corrected chi connectivity index (χ2v) is 4.23. The molecule has 0 spiro atoms. The summed E-state index contributed by atoms with van der Waals surface area (Å²) in [6.07, 6.45) is 1.32. The van der Waals surface area contributed by atoms with Gasteiger partial charge in [-0.3, -0.25) is 9.35 Å². The van der Waals surface area contributed by atoms with E-state index in [9.17, 15) is 13.2 Å². The summed E-state index contributed by atoms with van der Waals surface area (Å²) in [5, 5.41) is 8.97. The van der Waals surface area contributed by atoms with Gasteiger partial charge in [-0.15, -0.1) is 0 Å². The first kappa shape index (κ1) is 10.9. The molecular weight excluding hydrogens is 210 g/mol. The molecule has 0 amide bonds. The van der Waals surface area contributed by atoms with Crippen molar-refractivity contribution in [3.8, 4) is 0 Å². The molecule has 1 rings (SSSR count). The first-order valence-electron chi connectivity index (χ1n) is 3.71. The van der Waals surface area contributed by atoms with Gasteiger partial charge in [0.05, 0.1) is 6.54 Å². The molecule has 2 N–H and O–H groups in total. The number of hydrogen-bond donors (Lipinski definition) is 2. The lowest BCUT2D eigenvalue weighted by Crippen LogP contribution is -2.30. The monoisotopic (exact) mass is 219 g/mol. The maximum atomic E-state index is 11.1. The molecule has 1 aromatic rings. The van der Waals surface area contributed by atoms with Crippen LogP contribution in [0.15, 0.2) is 29.2 Å². The van der Waals surface area contributed by atoms with E-state index < -0.39 is 27.7 Å². The Labute approximate surface area is 80.2 Å². The molecular formula is C7H9NO5S. The molecule has 78 valence electrons. The van der Waals surface area contributed by atoms with E-state index in [1.165, 1.54) is 24.4 Å². The second-order valence-electron chi connectivity index (χ2n) is 2.66. The predicted molar refractivity (Wildman–Crippen MR) is 48.3 cm³/mol. The van der Waals surface area contributed by atoms with E-state index in [1.54, 1.807) is 0 Å². The number of aliphatic hydroxyl groups is 1. The smallest absolute Gasteiger partial charge is 0.293 e. The maximum absolute atomic E-state index is 11.1. The van der Waals surface area contributed by atoms with Gasteiger partial charge in [-0.1, -0.05) is 6.07 Å². The van der Waals surface area contributed by atoms with Crippen LogP contribution < -0.4 is 5.56 Å². The average Bonchev–Trinajstić information content (AvgIpc) is 2.07. The zero-order chi connectivity index (χ0) is 10.8. The lowest BCUT2D eigenvalue weighted by atomic mass is 10.5. The number of pyridine rings is 1. The molecule has 6 nitrogen and oxygen atoms in total. The van der Waals surface area contributed by atoms with Gasteiger partial charge in [-0.2, -0.15) is 8.42 Å². The first-order chi connectivity index (χ1) is 6.41. The van der Waals surface area contributed by atoms with Crippen LogP contribution in [-0.2, 0) is 16.7 Å². The highest BCUT2D eigenvalue weighted by Crippen LogP contribution is 1.96. The molecule has 0 aliphatic heterocycles. The number of rotatable bonds is 3. The molecule has 0 saturated carbocycles. The van der Waals surface area contributed by atoms with Gasteiger partial charge < -0.3 is 9.67 Å². The summed E-state index contributed by atoms with van der Waals surface area (Å²) in [5.74, 6) is 0. The van der Waals surface area contributed by atoms with Gasteiger partial charge in [0, 0.05) is 12.3 Å². The Hall–Kier alpha value is -1.18. The Morgan fingerprint density at radius 2 is 2.07 bits per heavy atom. The normalized spacial score (nSPS) is 13.9. The summed E-state index contributed by atoms with van der Waals surface area (Å²) in [7, 11) is -4.52. The number of nitrogens with zero attached hydrogens (tertiary/aromatic N) is 1. The molecule has 14 heavy (non-hydrogen) atoms. The van der Waals surface area contributed by atoms with E-state index in [1.807, 2.05) is 0 Å². The van der Waals surface area contributed by atoms with Gasteiger partial charge >= 0.3 is 0 Å². The molecule has 0 aromatic carbocycles. The summed E-state index contributed by atoms with van der Waals surface area (Å²) in [5.41, 5.74) is -2.43. The Morgan fingerprint density at radius 1 is 1.43 bits per heavy atom. The number of aromatic nitrogens is 1. The molecule has 0 unspecified atom stereocenters. The van der Waals surface area contributed by atoms with Crippen LogP contribution in [0.5, 0.6) is 0 Å². The minimum absolute atomic E-state index is 0.449. The summed E-state index contributed by atoms with van der Waals surface area (Å²) >= 11 is 0. The van der Waals surface area contributed by atoms with E-state index in [4.69, 9.17) is 9.66 Å². The standard InChI is InChI=1S/C7H9NO5S/c9-6-3-1-2-4-8(6)5-7(10)14(11,12)13/h1-4,7,10H,5H2,(H,11,12,13)/t7-/m0/s1. The minimum Gasteiger partial charge on any atom is -0.374 e. The predicted octanol–water partition coefficient (Wildman–Crippen LogP) is -0.945. The van der Waals surface area contributed by atoms with Crippen molar-refractivity contribution in [1.29, 1.82) is 0 Å². The molecule has 0 radical (unpaired) electrons. The largest absolute Gasteiger partial charge is 0.374 e. The van der Waals surface area contributed by atoms with Crippen LogP contribution in [0.3, 0.4) is 0 Å². The van der Waals surface area contributed by atoms with Crippen LogP contribution in [0.2, 0.25) is 0 Å². The van der Waals surface area contributed by atoms with E-state index >= 15 is 0 Å². The SMILES string of the molecule is O=c1ccccn1C[C@@H](O)S(=O)(=O)O. The maximum Gasteiger partial charge on any atom is 0.293 e. The van der Waals surface area contributed by atoms with Crippen molar-refractivity contribution in [1.82, 2.24) is 4.57 Å². The lowest BCUT2D eigenvalue weighted by molar-refractivity contribution is 0.211. The lowest BCUT2D eigenvalue weighted by Gasteiger charge is -2.08. The number of aliphatic hydroxyl groups excluding tert-OH is 1. The topological polar surface area (TPSA) is 96.6 Å². The molecule has 0 bridgehead atoms. The molecule has 1 heterocycles. The van der Waals surface area contributed by atoms with Crippen molar-refractivity contribution in [2.45, 2.75) is 12.0 Å². The minimum atomic E-state index is -4.52. The van der Waals surface area contributed by atoms with Crippen molar-refractivity contribution >= 4 is 10.1 Å². The average molecular weight is 219 g/mol. The third-order valence-electron chi connectivity index (χ3n) is 1.60. The molecule has 0 aliphatic carbocycles. The van der Waals surface area contributed by atoms with Crippen LogP contribution >= 0.6 is 0 Å². The van der Waals surface area contributed by atoms with Crippen molar-refractivity contribution in [2.75, 3.05) is 0 Å². The van der Waals surface area contributed by atoms with Gasteiger partial charge in [0.2, 0.25) is 0 Å². The summed E-state index contributed by atoms with van der Waals surface area (Å²) in [6, 6.07) is 4.22. The molecule has 0 aliphatic rings. The van der Waals surface area contributed by atoms with Gasteiger partial charge in [0.15, 0.2) is 5.44 Å². The highest BCUT2D eigenvalue weighted by atomic mass is 32.2. The highest BCUT2D eigenvalue weighted by molar-refractivity contribution is 7.86. The van der Waals surface area contributed by atoms with Crippen LogP contribution in [-0.4, -0.2) is 28.1 Å². The zero-order valence-corrected chi connectivity index (χ0v) is 7.88. The molecule has 0 saturated heterocycles. The molecule has 1 atom stereocenters. The number of hydrogen-bond acceptors (Lipinski definition) is 4. The Morgan fingerprint density at radius 3 is 2.57 bits per heavy atom. The van der Waals surface area contributed by atoms with Crippen molar-refractivity contribution in [2.24, 2.45) is 0 Å². The molecule has 7 heteroatoms. The third-order valence-corrected chi connectivity index (χ3v) is 2.43. The van der Waals surface area contributed by atoms with Gasteiger partial charge in [-0.05, 0) is 6.07 Å². The van der Waals surface area contributed by atoms with Crippen molar-refractivity contribution in [3.63, 3.8) is 0 Å². The fraction of sp³-hybridized carbons (Fsp3) is 0.286. The van der Waals surface area contributed by atoms with Gasteiger partial charge in [0.25, 0.3) is 15.7 Å². The molecule has 0 fully saturated rings. The zero-order valence-electron chi connectivity index (χ0n) is 7.07. The van der Waals surface area contributed by atoms with Crippen LogP contribution in [0.25, 0.3) is 0 Å². The van der Waals surface area contributed by atoms with E-state index in [0.29, 0.717) is 0 Å². The Kier molecular flexibility index (Phi) is 3.04. The summed E-state index contributed by atoms with van der Waals surface area (Å²) in [6.45, 7) is -0.488. The van der Waals surface area contributed by atoms with Crippen LogP contribution in [0.4, 0.5) is 0 Å². The van der Waals surface area contributed by atoms with E-state index in [-0.39, 0.29) is 0 Å². The van der Waals surface area contributed by atoms with Gasteiger partial charge in [-0.25, -0.2) is 0 Å². The van der Waals surface area contributed by atoms with Gasteiger partial charge in [0.1, 0.15) is 0 Å². The van der Waals surface area contributed by atoms with Crippen LogP contribution in [0.1, 0.15) is 0 Å². The Bertz CT molecular complexity index is 463. The first-order valence-corrected chi connectivity index (χ1v) is 5.21. The quantitative estimate of drug-likeness (QED) is 0.639. The van der Waals surface area contributed by atoms with Crippen molar-refractivity contribution in [3.05, 3.63) is 34.7 Å². The van der Waals surface area contributed by atoms with Crippen LogP contribution in [0, 0.1) is 0 Å². The van der Waals surface area contributed by atoms with E-state index in [2.05, 4.69) is 0 Å². The summed E-state index contributed by atoms with van der Waals surface area (Å²) in [4.78, 5) is 11.1. The molecule has 1 aromatic heterocycles. The third kappa shape index (κ3) is 2.66. The van der Waals surface area contributed by atoms with E-state index in [0.717, 1.165) is 4.57 Å². The highest BCUT2D eigenvalue weighted by Gasteiger charge is 2.19. The second kappa shape index (κ2) is 3.91. The van der Waals surface area contributed by atoms with Crippen molar-refractivity contribution < 1.29 is 18.1 Å². The Balaban J connectivity index is 2.91. The fourth-order valence-corrected chi connectivity index (χ4v) is 1.22. The summed E-state index contributed by atoms with van der Waals surface area (Å²) < 4.78 is 30.3.